The van der Waals surface area contributed by atoms with Gasteiger partial charge in [0.25, 0.3) is 5.91 Å². The van der Waals surface area contributed by atoms with Crippen LogP contribution in [-0.4, -0.2) is 40.0 Å². The van der Waals surface area contributed by atoms with Crippen molar-refractivity contribution in [3.05, 3.63) is 21.9 Å². The van der Waals surface area contributed by atoms with Gasteiger partial charge >= 0.3 is 5.97 Å². The van der Waals surface area contributed by atoms with Crippen LogP contribution >= 0.6 is 23.2 Å². The molecule has 1 amide bonds. The van der Waals surface area contributed by atoms with Crippen LogP contribution in [0.1, 0.15) is 16.9 Å². The van der Waals surface area contributed by atoms with Crippen LogP contribution in [0, 0.1) is 5.92 Å². The van der Waals surface area contributed by atoms with Gasteiger partial charge in [-0.1, -0.05) is 23.2 Å². The number of likely N-dealkylation sites (tertiary alicyclic amines) is 1. The summed E-state index contributed by atoms with van der Waals surface area (Å²) >= 11 is 11.4. The number of carboxylic acids is 1. The lowest BCUT2D eigenvalue weighted by Gasteiger charge is -2.14. The Balaban J connectivity index is 2.09. The molecule has 0 spiro atoms. The van der Waals surface area contributed by atoms with Crippen molar-refractivity contribution >= 4 is 35.1 Å². The molecule has 0 radical (unpaired) electrons. The summed E-state index contributed by atoms with van der Waals surface area (Å²) in [6.07, 6.45) is 0.475. The number of amides is 1. The molecule has 7 heteroatoms. The van der Waals surface area contributed by atoms with Crippen LogP contribution in [0.2, 0.25) is 10.2 Å². The van der Waals surface area contributed by atoms with E-state index in [9.17, 15) is 9.59 Å². The number of nitrogens with one attached hydrogen (secondary N) is 1. The fraction of sp³-hybridized carbons (Fsp3) is 0.400. The minimum Gasteiger partial charge on any atom is -0.481 e. The van der Waals surface area contributed by atoms with Gasteiger partial charge in [-0.05, 0) is 12.5 Å². The third-order valence-electron chi connectivity index (χ3n) is 2.78. The quantitative estimate of drug-likeness (QED) is 0.866. The molecule has 1 aromatic heterocycles. The van der Waals surface area contributed by atoms with Gasteiger partial charge in [-0.2, -0.15) is 0 Å². The van der Waals surface area contributed by atoms with E-state index in [2.05, 4.69) is 4.98 Å². The minimum atomic E-state index is -0.872. The highest BCUT2D eigenvalue weighted by Gasteiger charge is 2.31. The van der Waals surface area contributed by atoms with Crippen molar-refractivity contribution in [1.29, 1.82) is 0 Å². The second-order valence-electron chi connectivity index (χ2n) is 3.92. The topological polar surface area (TPSA) is 73.4 Å². The Kier molecular flexibility index (Phi) is 3.31. The Bertz CT molecular complexity index is 453. The third-order valence-corrected chi connectivity index (χ3v) is 3.47. The highest BCUT2D eigenvalue weighted by molar-refractivity contribution is 6.41. The Morgan fingerprint density at radius 1 is 1.47 bits per heavy atom. The molecule has 0 unspecified atom stereocenters. The number of carbonyl (C=O) groups excluding carboxylic acids is 1. The van der Waals surface area contributed by atoms with Gasteiger partial charge in [0.05, 0.1) is 10.9 Å². The first-order valence-corrected chi connectivity index (χ1v) is 5.80. The molecule has 0 aliphatic carbocycles. The largest absolute Gasteiger partial charge is 0.481 e. The van der Waals surface area contributed by atoms with E-state index < -0.39 is 11.9 Å². The van der Waals surface area contributed by atoms with Gasteiger partial charge in [0.1, 0.15) is 10.8 Å². The van der Waals surface area contributed by atoms with Gasteiger partial charge in [-0.25, -0.2) is 0 Å². The van der Waals surface area contributed by atoms with Crippen LogP contribution < -0.4 is 0 Å². The molecule has 1 saturated heterocycles. The first kappa shape index (κ1) is 12.3. The molecule has 5 nitrogen and oxygen atoms in total. The van der Waals surface area contributed by atoms with Crippen LogP contribution in [0.5, 0.6) is 0 Å². The molecule has 92 valence electrons. The number of rotatable bonds is 2. The molecular formula is C10H10Cl2N2O3. The maximum atomic E-state index is 12.0. The molecule has 17 heavy (non-hydrogen) atoms. The molecule has 0 saturated carbocycles. The Hall–Kier alpha value is -1.20. The molecule has 1 atom stereocenters. The molecule has 2 rings (SSSR count). The van der Waals surface area contributed by atoms with Gasteiger partial charge in [0.2, 0.25) is 0 Å². The summed E-state index contributed by atoms with van der Waals surface area (Å²) in [6, 6.07) is 1.44. The predicted octanol–water partition coefficient (Wildman–Crippen LogP) is 1.87. The number of hydrogen-bond donors (Lipinski definition) is 2. The number of aromatic nitrogens is 1. The fourth-order valence-electron chi connectivity index (χ4n) is 1.84. The van der Waals surface area contributed by atoms with Crippen molar-refractivity contribution < 1.29 is 14.7 Å². The average molecular weight is 277 g/mol. The van der Waals surface area contributed by atoms with Crippen molar-refractivity contribution in [2.24, 2.45) is 5.92 Å². The highest BCUT2D eigenvalue weighted by Crippen LogP contribution is 2.24. The number of aliphatic carboxylic acids is 1. The monoisotopic (exact) mass is 276 g/mol. The Labute approximate surface area is 107 Å². The van der Waals surface area contributed by atoms with E-state index in [-0.39, 0.29) is 28.3 Å². The maximum absolute atomic E-state index is 12.0. The number of carbonyl (C=O) groups is 2. The Morgan fingerprint density at radius 2 is 2.18 bits per heavy atom. The summed E-state index contributed by atoms with van der Waals surface area (Å²) in [6.45, 7) is 0.659. The first-order valence-electron chi connectivity index (χ1n) is 5.05. The normalized spacial score (nSPS) is 19.6. The van der Waals surface area contributed by atoms with Crippen LogP contribution in [-0.2, 0) is 4.79 Å². The Morgan fingerprint density at radius 3 is 2.65 bits per heavy atom. The van der Waals surface area contributed by atoms with E-state index in [4.69, 9.17) is 28.3 Å². The number of hydrogen-bond acceptors (Lipinski definition) is 2. The summed E-state index contributed by atoms with van der Waals surface area (Å²) in [5, 5.41) is 9.34. The molecule has 2 heterocycles. The van der Waals surface area contributed by atoms with E-state index in [1.165, 1.54) is 11.0 Å². The minimum absolute atomic E-state index is 0.212. The lowest BCUT2D eigenvalue weighted by Crippen LogP contribution is -2.30. The number of carboxylic acid groups (broad SMARTS) is 1. The molecule has 0 bridgehead atoms. The molecule has 1 fully saturated rings. The van der Waals surface area contributed by atoms with Gasteiger partial charge in [0.15, 0.2) is 0 Å². The summed E-state index contributed by atoms with van der Waals surface area (Å²) in [4.78, 5) is 26.9. The smallest absolute Gasteiger partial charge is 0.308 e. The predicted molar refractivity (Wildman–Crippen MR) is 62.5 cm³/mol. The standard InChI is InChI=1S/C10H10Cl2N2O3/c11-6-3-7(13-8(6)12)9(15)14-2-1-5(4-14)10(16)17/h3,5,13H,1-2,4H2,(H,16,17)/t5-/m0/s1. The fourth-order valence-corrected chi connectivity index (χ4v) is 2.15. The van der Waals surface area contributed by atoms with E-state index in [1.54, 1.807) is 0 Å². The first-order chi connectivity index (χ1) is 7.99. The summed E-state index contributed by atoms with van der Waals surface area (Å²) in [7, 11) is 0. The van der Waals surface area contributed by atoms with Crippen molar-refractivity contribution in [1.82, 2.24) is 9.88 Å². The van der Waals surface area contributed by atoms with Gasteiger partial charge < -0.3 is 15.0 Å². The van der Waals surface area contributed by atoms with Crippen molar-refractivity contribution in [3.63, 3.8) is 0 Å². The van der Waals surface area contributed by atoms with E-state index in [0.717, 1.165) is 0 Å². The SMILES string of the molecule is O=C(O)[C@H]1CCN(C(=O)c2cc(Cl)c(Cl)[nH]2)C1. The number of H-pyrrole nitrogens is 1. The number of halogens is 2. The molecule has 1 aliphatic heterocycles. The summed E-state index contributed by atoms with van der Waals surface area (Å²) in [5.74, 6) is -1.63. The van der Waals surface area contributed by atoms with Gasteiger partial charge in [-0.15, -0.1) is 0 Å². The van der Waals surface area contributed by atoms with Crippen LogP contribution in [0.4, 0.5) is 0 Å². The zero-order valence-electron chi connectivity index (χ0n) is 8.74. The highest BCUT2D eigenvalue weighted by atomic mass is 35.5. The maximum Gasteiger partial charge on any atom is 0.308 e. The van der Waals surface area contributed by atoms with Crippen LogP contribution in [0.15, 0.2) is 6.07 Å². The second-order valence-corrected chi connectivity index (χ2v) is 4.71. The summed E-state index contributed by atoms with van der Waals surface area (Å²) < 4.78 is 0. The molecule has 2 N–H and O–H groups in total. The van der Waals surface area contributed by atoms with Crippen molar-refractivity contribution in [2.75, 3.05) is 13.1 Å². The van der Waals surface area contributed by atoms with E-state index in [0.29, 0.717) is 13.0 Å². The molecule has 1 aliphatic rings. The lowest BCUT2D eigenvalue weighted by atomic mass is 10.1. The number of aromatic amines is 1. The van der Waals surface area contributed by atoms with Gasteiger partial charge in [-0.3, -0.25) is 9.59 Å². The third kappa shape index (κ3) is 2.40. The van der Waals surface area contributed by atoms with Crippen LogP contribution in [0.25, 0.3) is 0 Å². The second kappa shape index (κ2) is 4.58. The lowest BCUT2D eigenvalue weighted by molar-refractivity contribution is -0.141. The molecule has 1 aromatic rings. The van der Waals surface area contributed by atoms with Crippen LogP contribution in [0.3, 0.4) is 0 Å². The number of nitrogens with zero attached hydrogens (tertiary/aromatic N) is 1. The van der Waals surface area contributed by atoms with Crippen molar-refractivity contribution in [2.45, 2.75) is 6.42 Å². The van der Waals surface area contributed by atoms with Gasteiger partial charge in [0, 0.05) is 13.1 Å². The van der Waals surface area contributed by atoms with E-state index in [1.807, 2.05) is 0 Å². The average Bonchev–Trinajstić information content (AvgIpc) is 2.86. The van der Waals surface area contributed by atoms with Crippen molar-refractivity contribution in [3.8, 4) is 0 Å². The molecule has 0 aromatic carbocycles. The summed E-state index contributed by atoms with van der Waals surface area (Å²) in [5.41, 5.74) is 0.283. The molecular weight excluding hydrogens is 267 g/mol. The zero-order chi connectivity index (χ0) is 12.6. The van der Waals surface area contributed by atoms with E-state index >= 15 is 0 Å². The zero-order valence-corrected chi connectivity index (χ0v) is 10.3.